The van der Waals surface area contributed by atoms with Crippen LogP contribution in [0.1, 0.15) is 24.9 Å². The van der Waals surface area contributed by atoms with Crippen molar-refractivity contribution in [1.82, 2.24) is 0 Å². The first-order valence-corrected chi connectivity index (χ1v) is 7.22. The molecule has 122 valence electrons. The molecule has 0 aromatic heterocycles. The monoisotopic (exact) mass is 320 g/mol. The number of amides is 1. The highest BCUT2D eigenvalue weighted by Crippen LogP contribution is 2.26. The van der Waals surface area contributed by atoms with E-state index >= 15 is 0 Å². The molecule has 6 heteroatoms. The van der Waals surface area contributed by atoms with Crippen molar-refractivity contribution in [3.8, 4) is 5.75 Å². The van der Waals surface area contributed by atoms with Gasteiger partial charge in [-0.05, 0) is 36.8 Å². The lowest BCUT2D eigenvalue weighted by molar-refractivity contribution is -0.119. The van der Waals surface area contributed by atoms with Crippen molar-refractivity contribution >= 4 is 11.6 Å². The number of rotatable bonds is 7. The zero-order chi connectivity index (χ0) is 16.8. The number of ether oxygens (including phenoxy) is 1. The van der Waals surface area contributed by atoms with Crippen molar-refractivity contribution in [1.29, 1.82) is 0 Å². The van der Waals surface area contributed by atoms with Crippen LogP contribution in [0.3, 0.4) is 0 Å². The Bertz CT molecular complexity index is 675. The van der Waals surface area contributed by atoms with Crippen LogP contribution < -0.4 is 15.8 Å². The van der Waals surface area contributed by atoms with E-state index in [0.29, 0.717) is 17.7 Å². The lowest BCUT2D eigenvalue weighted by Gasteiger charge is -2.19. The molecule has 1 amide bonds. The largest absolute Gasteiger partial charge is 0.484 e. The molecular weight excluding hydrogens is 302 g/mol. The third kappa shape index (κ3) is 4.67. The predicted octanol–water partition coefficient (Wildman–Crippen LogP) is 3.39. The van der Waals surface area contributed by atoms with Crippen LogP contribution in [0, 0.1) is 11.6 Å². The number of halogens is 2. The second-order valence-corrected chi connectivity index (χ2v) is 5.05. The molecule has 0 heterocycles. The molecule has 0 saturated heterocycles. The molecule has 23 heavy (non-hydrogen) atoms. The molecule has 4 nitrogen and oxygen atoms in total. The average Bonchev–Trinajstić information content (AvgIpc) is 2.52. The summed E-state index contributed by atoms with van der Waals surface area (Å²) in [5, 5.41) is 3.19. The molecule has 0 aliphatic carbocycles. The number of carbonyl (C=O) groups is 1. The first-order valence-electron chi connectivity index (χ1n) is 7.22. The Labute approximate surface area is 133 Å². The lowest BCUT2D eigenvalue weighted by atomic mass is 10.0. The molecule has 2 aromatic carbocycles. The van der Waals surface area contributed by atoms with Gasteiger partial charge in [0.15, 0.2) is 6.61 Å². The second kappa shape index (κ2) is 7.58. The van der Waals surface area contributed by atoms with Crippen LogP contribution in [-0.2, 0) is 4.79 Å². The Morgan fingerprint density at radius 3 is 2.48 bits per heavy atom. The third-order valence-electron chi connectivity index (χ3n) is 3.32. The van der Waals surface area contributed by atoms with Gasteiger partial charge < -0.3 is 15.8 Å². The fraction of sp³-hybridized carbons (Fsp3) is 0.235. The summed E-state index contributed by atoms with van der Waals surface area (Å²) in [5.74, 6) is -1.22. The van der Waals surface area contributed by atoms with Gasteiger partial charge in [-0.15, -0.1) is 0 Å². The molecule has 0 fully saturated rings. The van der Waals surface area contributed by atoms with Crippen molar-refractivity contribution in [2.45, 2.75) is 19.4 Å². The molecule has 0 unspecified atom stereocenters. The fourth-order valence-electron chi connectivity index (χ4n) is 2.19. The van der Waals surface area contributed by atoms with Gasteiger partial charge in [-0.3, -0.25) is 4.79 Å². The summed E-state index contributed by atoms with van der Waals surface area (Å²) in [6.07, 6.45) is 0.627. The first-order chi connectivity index (χ1) is 11.0. The molecule has 0 bridgehead atoms. The maximum Gasteiger partial charge on any atom is 0.255 e. The van der Waals surface area contributed by atoms with Gasteiger partial charge in [0, 0.05) is 17.3 Å². The van der Waals surface area contributed by atoms with Crippen molar-refractivity contribution < 1.29 is 18.3 Å². The van der Waals surface area contributed by atoms with E-state index < -0.39 is 17.5 Å². The van der Waals surface area contributed by atoms with Gasteiger partial charge in [-0.25, -0.2) is 8.78 Å². The quantitative estimate of drug-likeness (QED) is 0.822. The molecule has 2 rings (SSSR count). The van der Waals surface area contributed by atoms with E-state index in [1.807, 2.05) is 6.92 Å². The molecule has 0 spiro atoms. The minimum Gasteiger partial charge on any atom is -0.484 e. The summed E-state index contributed by atoms with van der Waals surface area (Å²) < 4.78 is 32.1. The van der Waals surface area contributed by atoms with E-state index in [2.05, 4.69) is 5.32 Å². The summed E-state index contributed by atoms with van der Waals surface area (Å²) in [4.78, 5) is 10.7. The zero-order valence-electron chi connectivity index (χ0n) is 12.7. The van der Waals surface area contributed by atoms with Crippen molar-refractivity contribution in [2.75, 3.05) is 11.9 Å². The lowest BCUT2D eigenvalue weighted by Crippen LogP contribution is -2.20. The van der Waals surface area contributed by atoms with Crippen molar-refractivity contribution in [2.24, 2.45) is 5.73 Å². The Hall–Kier alpha value is -2.63. The van der Waals surface area contributed by atoms with Crippen LogP contribution in [0.4, 0.5) is 14.5 Å². The maximum absolute atomic E-state index is 13.9. The van der Waals surface area contributed by atoms with Gasteiger partial charge in [0.05, 0.1) is 6.04 Å². The highest BCUT2D eigenvalue weighted by molar-refractivity contribution is 5.75. The number of hydrogen-bond donors (Lipinski definition) is 2. The van der Waals surface area contributed by atoms with E-state index in [0.717, 1.165) is 11.8 Å². The predicted molar refractivity (Wildman–Crippen MR) is 84.1 cm³/mol. The molecule has 0 saturated carbocycles. The first kappa shape index (κ1) is 16.7. The Balaban J connectivity index is 2.08. The standard InChI is InChI=1S/C17H18F2N2O2/c1-2-16(14-8-3-11(18)9-15(14)19)21-12-4-6-13(7-5-12)23-10-17(20)22/h3-9,16,21H,2,10H2,1H3,(H2,20,22)/t16-/m0/s1. The molecular formula is C17H18F2N2O2. The SMILES string of the molecule is CC[C@H](Nc1ccc(OCC(N)=O)cc1)c1ccc(F)cc1F. The number of hydrogen-bond acceptors (Lipinski definition) is 3. The number of nitrogens with two attached hydrogens (primary N) is 1. The van der Waals surface area contributed by atoms with E-state index in [9.17, 15) is 13.6 Å². The van der Waals surface area contributed by atoms with Gasteiger partial charge in [-0.2, -0.15) is 0 Å². The van der Waals surface area contributed by atoms with Crippen LogP contribution in [0.15, 0.2) is 42.5 Å². The molecule has 3 N–H and O–H groups in total. The minimum atomic E-state index is -0.600. The van der Waals surface area contributed by atoms with E-state index in [4.69, 9.17) is 10.5 Å². The average molecular weight is 320 g/mol. The summed E-state index contributed by atoms with van der Waals surface area (Å²) in [7, 11) is 0. The van der Waals surface area contributed by atoms with Gasteiger partial charge in [-0.1, -0.05) is 13.0 Å². The smallest absolute Gasteiger partial charge is 0.255 e. The van der Waals surface area contributed by atoms with Crippen LogP contribution in [0.2, 0.25) is 0 Å². The Morgan fingerprint density at radius 2 is 1.91 bits per heavy atom. The number of anilines is 1. The van der Waals surface area contributed by atoms with Gasteiger partial charge >= 0.3 is 0 Å². The highest BCUT2D eigenvalue weighted by atomic mass is 19.1. The van der Waals surface area contributed by atoms with Gasteiger partial charge in [0.2, 0.25) is 0 Å². The number of carbonyl (C=O) groups excluding carboxylic acids is 1. The molecule has 0 aliphatic rings. The number of benzene rings is 2. The zero-order valence-corrected chi connectivity index (χ0v) is 12.7. The molecule has 1 atom stereocenters. The van der Waals surface area contributed by atoms with E-state index in [1.165, 1.54) is 12.1 Å². The van der Waals surface area contributed by atoms with Crippen molar-refractivity contribution in [3.63, 3.8) is 0 Å². The van der Waals surface area contributed by atoms with E-state index in [-0.39, 0.29) is 12.6 Å². The summed E-state index contributed by atoms with van der Waals surface area (Å²) in [5.41, 5.74) is 6.17. The van der Waals surface area contributed by atoms with E-state index in [1.54, 1.807) is 24.3 Å². The van der Waals surface area contributed by atoms with Crippen LogP contribution in [0.5, 0.6) is 5.75 Å². The number of nitrogens with one attached hydrogen (secondary N) is 1. The van der Waals surface area contributed by atoms with Gasteiger partial charge in [0.25, 0.3) is 5.91 Å². The minimum absolute atomic E-state index is 0.189. The topological polar surface area (TPSA) is 64.3 Å². The van der Waals surface area contributed by atoms with Crippen LogP contribution in [0.25, 0.3) is 0 Å². The van der Waals surface area contributed by atoms with Crippen LogP contribution >= 0.6 is 0 Å². The normalized spacial score (nSPS) is 11.8. The Kier molecular flexibility index (Phi) is 5.51. The van der Waals surface area contributed by atoms with Crippen LogP contribution in [-0.4, -0.2) is 12.5 Å². The third-order valence-corrected chi connectivity index (χ3v) is 3.32. The summed E-state index contributed by atoms with van der Waals surface area (Å²) in [6.45, 7) is 1.72. The molecule has 0 radical (unpaired) electrons. The van der Waals surface area contributed by atoms with Gasteiger partial charge in [0.1, 0.15) is 17.4 Å². The summed E-state index contributed by atoms with van der Waals surface area (Å²) >= 11 is 0. The second-order valence-electron chi connectivity index (χ2n) is 5.05. The highest BCUT2D eigenvalue weighted by Gasteiger charge is 2.14. The van der Waals surface area contributed by atoms with Crippen molar-refractivity contribution in [3.05, 3.63) is 59.7 Å². The maximum atomic E-state index is 13.9. The Morgan fingerprint density at radius 1 is 1.22 bits per heavy atom. The number of primary amides is 1. The molecule has 0 aliphatic heterocycles. The molecule has 2 aromatic rings. The summed E-state index contributed by atoms with van der Waals surface area (Å²) in [6, 6.07) is 10.1. The fourth-order valence-corrected chi connectivity index (χ4v) is 2.19.